The largest absolute Gasteiger partial charge is 0.508 e. The van der Waals surface area contributed by atoms with E-state index in [0.29, 0.717) is 16.2 Å². The first-order chi connectivity index (χ1) is 13.9. The van der Waals surface area contributed by atoms with Crippen molar-refractivity contribution in [2.75, 3.05) is 13.7 Å². The van der Waals surface area contributed by atoms with Crippen LogP contribution < -0.4 is 4.74 Å². The number of hydrogen-bond acceptors (Lipinski definition) is 7. The molecule has 0 spiro atoms. The lowest BCUT2D eigenvalue weighted by molar-refractivity contribution is -0.138. The maximum absolute atomic E-state index is 14.0. The fraction of sp³-hybridized carbons (Fsp3) is 0.143. The van der Waals surface area contributed by atoms with Gasteiger partial charge in [-0.1, -0.05) is 23.9 Å². The average molecular weight is 415 g/mol. The van der Waals surface area contributed by atoms with Gasteiger partial charge in [-0.3, -0.25) is 0 Å². The first-order valence-electron chi connectivity index (χ1n) is 8.65. The lowest BCUT2D eigenvalue weighted by atomic mass is 10.1. The molecule has 0 radical (unpaired) electrons. The topological polar surface area (TPSA) is 88.4 Å². The average Bonchev–Trinajstić information content (AvgIpc) is 3.00. The van der Waals surface area contributed by atoms with Gasteiger partial charge in [0.05, 0.1) is 18.6 Å². The first-order valence-corrected chi connectivity index (χ1v) is 9.47. The van der Waals surface area contributed by atoms with Gasteiger partial charge in [0.15, 0.2) is 0 Å². The zero-order chi connectivity index (χ0) is 21.0. The van der Waals surface area contributed by atoms with E-state index in [0.717, 1.165) is 11.8 Å². The highest BCUT2D eigenvalue weighted by molar-refractivity contribution is 8.18. The van der Waals surface area contributed by atoms with Gasteiger partial charge in [0.1, 0.15) is 39.4 Å². The van der Waals surface area contributed by atoms with Crippen molar-refractivity contribution in [1.29, 1.82) is 0 Å². The Bertz CT molecular complexity index is 1050. The molecule has 8 heteroatoms. The minimum absolute atomic E-state index is 0.0249. The van der Waals surface area contributed by atoms with Crippen LogP contribution in [0.4, 0.5) is 10.1 Å². The summed E-state index contributed by atoms with van der Waals surface area (Å²) in [5, 5.41) is 20.4. The summed E-state index contributed by atoms with van der Waals surface area (Å²) in [6.45, 7) is 1.75. The molecule has 1 aliphatic rings. The fourth-order valence-electron chi connectivity index (χ4n) is 2.60. The Labute approximate surface area is 171 Å². The molecular weight excluding hydrogens is 397 g/mol. The summed E-state index contributed by atoms with van der Waals surface area (Å²) < 4.78 is 24.3. The molecule has 0 atom stereocenters. The summed E-state index contributed by atoms with van der Waals surface area (Å²) in [5.41, 5.74) is 0.465. The van der Waals surface area contributed by atoms with Crippen molar-refractivity contribution >= 4 is 34.5 Å². The van der Waals surface area contributed by atoms with E-state index < -0.39 is 11.8 Å². The molecule has 1 heterocycles. The molecule has 1 aliphatic heterocycles. The zero-order valence-electron chi connectivity index (χ0n) is 15.7. The number of carbonyl (C=O) groups is 1. The van der Waals surface area contributed by atoms with E-state index >= 15 is 0 Å². The van der Waals surface area contributed by atoms with Gasteiger partial charge < -0.3 is 19.7 Å². The molecule has 0 amide bonds. The van der Waals surface area contributed by atoms with Gasteiger partial charge >= 0.3 is 5.97 Å². The van der Waals surface area contributed by atoms with Crippen molar-refractivity contribution in [3.8, 4) is 11.5 Å². The van der Waals surface area contributed by atoms with Crippen molar-refractivity contribution in [2.24, 2.45) is 4.99 Å². The molecular formula is C21H18FNO5S. The van der Waals surface area contributed by atoms with Gasteiger partial charge in [-0.05, 0) is 37.3 Å². The third-order valence-corrected chi connectivity index (χ3v) is 4.97. The molecule has 29 heavy (non-hydrogen) atoms. The normalized spacial score (nSPS) is 16.5. The van der Waals surface area contributed by atoms with Crippen LogP contribution in [0.1, 0.15) is 12.5 Å². The Hall–Kier alpha value is -3.26. The number of rotatable bonds is 5. The van der Waals surface area contributed by atoms with Gasteiger partial charge in [0.25, 0.3) is 0 Å². The number of aliphatic imine (C=N–C) groups is 1. The number of aromatic hydroxyl groups is 1. The van der Waals surface area contributed by atoms with E-state index in [2.05, 4.69) is 4.99 Å². The second-order valence-electron chi connectivity index (χ2n) is 5.85. The molecule has 2 aromatic carbocycles. The van der Waals surface area contributed by atoms with Crippen molar-refractivity contribution in [1.82, 2.24) is 0 Å². The standard InChI is InChI=1S/C21H18FNO5S/c1-3-28-21(26)18-19(25)17(10-12-8-9-13(24)11-16(12)27-2)29-20(18)23-15-7-5-4-6-14(15)22/h4-11,24-25H,3H2,1-2H3. The van der Waals surface area contributed by atoms with Crippen molar-refractivity contribution < 1.29 is 28.9 Å². The number of thioether (sulfide) groups is 1. The fourth-order valence-corrected chi connectivity index (χ4v) is 3.62. The van der Waals surface area contributed by atoms with Crippen LogP contribution in [0.3, 0.4) is 0 Å². The molecule has 0 aromatic heterocycles. The maximum Gasteiger partial charge on any atom is 0.344 e. The molecule has 0 bridgehead atoms. The smallest absolute Gasteiger partial charge is 0.344 e. The summed E-state index contributed by atoms with van der Waals surface area (Å²) in [6.07, 6.45) is 1.58. The summed E-state index contributed by atoms with van der Waals surface area (Å²) in [5.74, 6) is -1.23. The van der Waals surface area contributed by atoms with Gasteiger partial charge in [-0.25, -0.2) is 14.2 Å². The number of esters is 1. The van der Waals surface area contributed by atoms with Crippen LogP contribution in [0.2, 0.25) is 0 Å². The molecule has 3 rings (SSSR count). The van der Waals surface area contributed by atoms with Crippen LogP contribution in [-0.4, -0.2) is 34.9 Å². The Balaban J connectivity index is 2.09. The Kier molecular flexibility index (Phi) is 6.23. The minimum atomic E-state index is -0.756. The SMILES string of the molecule is CCOC(=O)C1=C(O)C(=Cc2ccc(O)cc2OC)SC1=Nc1ccccc1F. The Morgan fingerprint density at radius 1 is 1.24 bits per heavy atom. The van der Waals surface area contributed by atoms with Crippen LogP contribution in [-0.2, 0) is 9.53 Å². The number of nitrogens with zero attached hydrogens (tertiary/aromatic N) is 1. The van der Waals surface area contributed by atoms with Crippen LogP contribution in [0, 0.1) is 5.82 Å². The van der Waals surface area contributed by atoms with E-state index in [1.54, 1.807) is 25.1 Å². The molecule has 150 valence electrons. The van der Waals surface area contributed by atoms with Crippen LogP contribution in [0.25, 0.3) is 6.08 Å². The third kappa shape index (κ3) is 4.43. The molecule has 0 fully saturated rings. The number of methoxy groups -OCH3 is 1. The second kappa shape index (κ2) is 8.83. The van der Waals surface area contributed by atoms with E-state index in [1.165, 1.54) is 37.4 Å². The van der Waals surface area contributed by atoms with E-state index in [1.807, 2.05) is 0 Å². The monoisotopic (exact) mass is 415 g/mol. The van der Waals surface area contributed by atoms with Crippen molar-refractivity contribution in [3.63, 3.8) is 0 Å². The Morgan fingerprint density at radius 3 is 2.69 bits per heavy atom. The van der Waals surface area contributed by atoms with E-state index in [-0.39, 0.29) is 34.4 Å². The molecule has 6 nitrogen and oxygen atoms in total. The first kappa shape index (κ1) is 20.5. The number of benzene rings is 2. The van der Waals surface area contributed by atoms with Crippen LogP contribution >= 0.6 is 11.8 Å². The predicted octanol–water partition coefficient (Wildman–Crippen LogP) is 4.73. The predicted molar refractivity (Wildman–Crippen MR) is 110 cm³/mol. The quantitative estimate of drug-likeness (QED) is 0.686. The minimum Gasteiger partial charge on any atom is -0.508 e. The maximum atomic E-state index is 14.0. The summed E-state index contributed by atoms with van der Waals surface area (Å²) in [7, 11) is 1.45. The van der Waals surface area contributed by atoms with Crippen LogP contribution in [0.15, 0.2) is 63.7 Å². The van der Waals surface area contributed by atoms with Crippen molar-refractivity contribution in [2.45, 2.75) is 6.92 Å². The number of phenols is 1. The highest BCUT2D eigenvalue weighted by atomic mass is 32.2. The third-order valence-electron chi connectivity index (χ3n) is 3.95. The second-order valence-corrected chi connectivity index (χ2v) is 6.88. The van der Waals surface area contributed by atoms with Gasteiger partial charge in [0, 0.05) is 11.6 Å². The molecule has 2 N–H and O–H groups in total. The number of aliphatic hydroxyl groups is 1. The van der Waals surface area contributed by atoms with Crippen molar-refractivity contribution in [3.05, 3.63) is 70.1 Å². The number of ether oxygens (including phenoxy) is 2. The highest BCUT2D eigenvalue weighted by Crippen LogP contribution is 2.41. The number of carbonyl (C=O) groups excluding carboxylic acids is 1. The van der Waals surface area contributed by atoms with Gasteiger partial charge in [0.2, 0.25) is 0 Å². The number of halogens is 1. The number of para-hydroxylation sites is 1. The summed E-state index contributed by atoms with van der Waals surface area (Å²) >= 11 is 1.00. The molecule has 0 unspecified atom stereocenters. The van der Waals surface area contributed by atoms with E-state index in [4.69, 9.17) is 9.47 Å². The molecule has 0 saturated heterocycles. The summed E-state index contributed by atoms with van der Waals surface area (Å²) in [4.78, 5) is 16.9. The summed E-state index contributed by atoms with van der Waals surface area (Å²) in [6, 6.07) is 10.4. The molecule has 2 aromatic rings. The number of hydrogen-bond donors (Lipinski definition) is 2. The lowest BCUT2D eigenvalue weighted by Gasteiger charge is -2.06. The molecule has 0 aliphatic carbocycles. The Morgan fingerprint density at radius 2 is 2.00 bits per heavy atom. The number of phenolic OH excluding ortho intramolecular Hbond substituents is 1. The van der Waals surface area contributed by atoms with Crippen LogP contribution in [0.5, 0.6) is 11.5 Å². The number of aliphatic hydroxyl groups excluding tert-OH is 1. The van der Waals surface area contributed by atoms with Gasteiger partial charge in [-0.2, -0.15) is 0 Å². The molecule has 0 saturated carbocycles. The highest BCUT2D eigenvalue weighted by Gasteiger charge is 2.33. The van der Waals surface area contributed by atoms with Gasteiger partial charge in [-0.15, -0.1) is 0 Å². The zero-order valence-corrected chi connectivity index (χ0v) is 16.5. The van der Waals surface area contributed by atoms with E-state index in [9.17, 15) is 19.4 Å². The lowest BCUT2D eigenvalue weighted by Crippen LogP contribution is -2.12.